The highest BCUT2D eigenvalue weighted by molar-refractivity contribution is 6.35. The highest BCUT2D eigenvalue weighted by Crippen LogP contribution is 2.67. The molecule has 1 N–H and O–H groups in total. The van der Waals surface area contributed by atoms with Crippen molar-refractivity contribution in [2.75, 3.05) is 6.54 Å². The molecule has 0 amide bonds. The Labute approximate surface area is 131 Å². The van der Waals surface area contributed by atoms with Crippen LogP contribution in [0.5, 0.6) is 0 Å². The minimum Gasteiger partial charge on any atom is -0.312 e. The lowest BCUT2D eigenvalue weighted by atomic mass is 10.0. The molecule has 3 rings (SSSR count). The van der Waals surface area contributed by atoms with Crippen molar-refractivity contribution in [3.8, 4) is 0 Å². The van der Waals surface area contributed by atoms with Gasteiger partial charge in [0.2, 0.25) is 0 Å². The molecular weight excluding hydrogens is 280 g/mol. The summed E-state index contributed by atoms with van der Waals surface area (Å²) in [4.78, 5) is 4.49. The fourth-order valence-electron chi connectivity index (χ4n) is 3.53. The molecule has 0 aliphatic heterocycles. The molecule has 1 aromatic carbocycles. The summed E-state index contributed by atoms with van der Waals surface area (Å²) in [6.45, 7) is 11.3. The van der Waals surface area contributed by atoms with Crippen molar-refractivity contribution in [1.29, 1.82) is 0 Å². The summed E-state index contributed by atoms with van der Waals surface area (Å²) >= 11 is 6.24. The van der Waals surface area contributed by atoms with E-state index in [1.54, 1.807) is 0 Å². The Balaban J connectivity index is 1.71. The van der Waals surface area contributed by atoms with Gasteiger partial charge in [-0.3, -0.25) is 4.98 Å². The first kappa shape index (κ1) is 14.8. The predicted molar refractivity (Wildman–Crippen MR) is 89.5 cm³/mol. The quantitative estimate of drug-likeness (QED) is 0.888. The van der Waals surface area contributed by atoms with Crippen LogP contribution in [0.25, 0.3) is 10.9 Å². The fraction of sp³-hybridized carbons (Fsp3) is 0.500. The second kappa shape index (κ2) is 4.96. The molecule has 1 aliphatic carbocycles. The SMILES string of the molecule is CC1(C)C(CNCc2ccc(Cl)c3cccnc23)C1(C)C. The molecule has 112 valence electrons. The molecule has 0 radical (unpaired) electrons. The lowest BCUT2D eigenvalue weighted by Gasteiger charge is -2.09. The first-order valence-corrected chi connectivity index (χ1v) is 7.96. The highest BCUT2D eigenvalue weighted by Gasteiger charge is 2.63. The van der Waals surface area contributed by atoms with Gasteiger partial charge < -0.3 is 5.32 Å². The topological polar surface area (TPSA) is 24.9 Å². The average Bonchev–Trinajstić information content (AvgIpc) is 2.83. The molecule has 21 heavy (non-hydrogen) atoms. The van der Waals surface area contributed by atoms with Crippen LogP contribution in [-0.2, 0) is 6.54 Å². The monoisotopic (exact) mass is 302 g/mol. The van der Waals surface area contributed by atoms with Crippen LogP contribution in [0.15, 0.2) is 30.5 Å². The number of hydrogen-bond donors (Lipinski definition) is 1. The molecule has 1 aromatic heterocycles. The minimum absolute atomic E-state index is 0.431. The van der Waals surface area contributed by atoms with Crippen molar-refractivity contribution >= 4 is 22.5 Å². The summed E-state index contributed by atoms with van der Waals surface area (Å²) in [6, 6.07) is 8.00. The molecule has 1 saturated carbocycles. The van der Waals surface area contributed by atoms with Crippen LogP contribution in [0, 0.1) is 16.7 Å². The number of aromatic nitrogens is 1. The minimum atomic E-state index is 0.431. The van der Waals surface area contributed by atoms with Gasteiger partial charge in [0.25, 0.3) is 0 Å². The van der Waals surface area contributed by atoms with Crippen molar-refractivity contribution in [3.63, 3.8) is 0 Å². The third kappa shape index (κ3) is 2.35. The van der Waals surface area contributed by atoms with E-state index in [1.165, 1.54) is 5.56 Å². The standard InChI is InChI=1S/C18H23ClN2/c1-17(2)15(18(17,3)4)11-20-10-12-7-8-14(19)13-6-5-9-21-16(12)13/h5-9,15,20H,10-11H2,1-4H3. The Hall–Kier alpha value is -1.12. The van der Waals surface area contributed by atoms with Crippen molar-refractivity contribution < 1.29 is 0 Å². The number of halogens is 1. The Kier molecular flexibility index (Phi) is 3.50. The smallest absolute Gasteiger partial charge is 0.0761 e. The molecule has 1 heterocycles. The largest absolute Gasteiger partial charge is 0.312 e. The Morgan fingerprint density at radius 1 is 1.14 bits per heavy atom. The molecule has 0 atom stereocenters. The third-order valence-electron chi connectivity index (χ3n) is 5.78. The van der Waals surface area contributed by atoms with E-state index in [4.69, 9.17) is 11.6 Å². The Morgan fingerprint density at radius 2 is 1.86 bits per heavy atom. The van der Waals surface area contributed by atoms with Crippen molar-refractivity contribution in [2.45, 2.75) is 34.2 Å². The number of hydrogen-bond acceptors (Lipinski definition) is 2. The van der Waals surface area contributed by atoms with E-state index < -0.39 is 0 Å². The van der Waals surface area contributed by atoms with E-state index >= 15 is 0 Å². The number of fused-ring (bicyclic) bond motifs is 1. The van der Waals surface area contributed by atoms with Crippen LogP contribution < -0.4 is 5.32 Å². The van der Waals surface area contributed by atoms with Gasteiger partial charge in [-0.1, -0.05) is 45.4 Å². The van der Waals surface area contributed by atoms with Gasteiger partial charge >= 0.3 is 0 Å². The first-order chi connectivity index (χ1) is 9.85. The van der Waals surface area contributed by atoms with E-state index in [0.29, 0.717) is 10.8 Å². The summed E-state index contributed by atoms with van der Waals surface area (Å²) in [5.41, 5.74) is 3.08. The molecule has 0 unspecified atom stereocenters. The average molecular weight is 303 g/mol. The lowest BCUT2D eigenvalue weighted by Crippen LogP contribution is -2.19. The molecule has 2 aromatic rings. The fourth-order valence-corrected chi connectivity index (χ4v) is 3.75. The molecule has 1 fully saturated rings. The lowest BCUT2D eigenvalue weighted by molar-refractivity contribution is 0.457. The van der Waals surface area contributed by atoms with Crippen LogP contribution in [0.2, 0.25) is 5.02 Å². The Morgan fingerprint density at radius 3 is 2.52 bits per heavy atom. The maximum atomic E-state index is 6.24. The van der Waals surface area contributed by atoms with Crippen LogP contribution in [0.4, 0.5) is 0 Å². The van der Waals surface area contributed by atoms with Gasteiger partial charge in [0.15, 0.2) is 0 Å². The molecule has 0 saturated heterocycles. The van der Waals surface area contributed by atoms with Gasteiger partial charge in [-0.05, 0) is 47.1 Å². The van der Waals surface area contributed by atoms with Crippen LogP contribution >= 0.6 is 11.6 Å². The zero-order valence-corrected chi connectivity index (χ0v) is 14.0. The van der Waals surface area contributed by atoms with Crippen LogP contribution in [-0.4, -0.2) is 11.5 Å². The van der Waals surface area contributed by atoms with Gasteiger partial charge in [0.1, 0.15) is 0 Å². The number of pyridine rings is 1. The molecule has 0 spiro atoms. The van der Waals surface area contributed by atoms with Crippen LogP contribution in [0.3, 0.4) is 0 Å². The molecule has 0 bridgehead atoms. The highest BCUT2D eigenvalue weighted by atomic mass is 35.5. The molecular formula is C18H23ClN2. The third-order valence-corrected chi connectivity index (χ3v) is 6.11. The van der Waals surface area contributed by atoms with Gasteiger partial charge in [-0.25, -0.2) is 0 Å². The number of rotatable bonds is 4. The first-order valence-electron chi connectivity index (χ1n) is 7.58. The Bertz CT molecular complexity index is 662. The second-order valence-electron chi connectivity index (χ2n) is 7.23. The summed E-state index contributed by atoms with van der Waals surface area (Å²) in [5.74, 6) is 0.733. The van der Waals surface area contributed by atoms with Crippen molar-refractivity contribution in [3.05, 3.63) is 41.0 Å². The molecule has 3 heteroatoms. The number of benzene rings is 1. The zero-order valence-electron chi connectivity index (χ0n) is 13.2. The summed E-state index contributed by atoms with van der Waals surface area (Å²) in [6.07, 6.45) is 1.83. The van der Waals surface area contributed by atoms with E-state index in [0.717, 1.165) is 34.9 Å². The summed E-state index contributed by atoms with van der Waals surface area (Å²) < 4.78 is 0. The number of nitrogens with one attached hydrogen (secondary N) is 1. The summed E-state index contributed by atoms with van der Waals surface area (Å²) in [7, 11) is 0. The van der Waals surface area contributed by atoms with E-state index in [1.807, 2.05) is 24.4 Å². The van der Waals surface area contributed by atoms with E-state index in [2.05, 4.69) is 44.1 Å². The van der Waals surface area contributed by atoms with Gasteiger partial charge in [-0.2, -0.15) is 0 Å². The predicted octanol–water partition coefficient (Wildman–Crippen LogP) is 4.66. The maximum absolute atomic E-state index is 6.24. The van der Waals surface area contributed by atoms with Crippen molar-refractivity contribution in [1.82, 2.24) is 10.3 Å². The number of nitrogens with zero attached hydrogens (tertiary/aromatic N) is 1. The molecule has 1 aliphatic rings. The van der Waals surface area contributed by atoms with Crippen molar-refractivity contribution in [2.24, 2.45) is 16.7 Å². The van der Waals surface area contributed by atoms with E-state index in [-0.39, 0.29) is 0 Å². The van der Waals surface area contributed by atoms with E-state index in [9.17, 15) is 0 Å². The van der Waals surface area contributed by atoms with Crippen LogP contribution in [0.1, 0.15) is 33.3 Å². The summed E-state index contributed by atoms with van der Waals surface area (Å²) in [5, 5.41) is 5.41. The zero-order chi connectivity index (χ0) is 15.3. The maximum Gasteiger partial charge on any atom is 0.0761 e. The normalized spacial score (nSPS) is 19.9. The van der Waals surface area contributed by atoms with Gasteiger partial charge in [0, 0.05) is 23.2 Å². The van der Waals surface area contributed by atoms with Gasteiger partial charge in [0.05, 0.1) is 5.52 Å². The second-order valence-corrected chi connectivity index (χ2v) is 7.64. The van der Waals surface area contributed by atoms with Gasteiger partial charge in [-0.15, -0.1) is 0 Å². The molecule has 2 nitrogen and oxygen atoms in total.